The maximum absolute atomic E-state index is 5.46. The van der Waals surface area contributed by atoms with Gasteiger partial charge in [0.1, 0.15) is 5.82 Å². The summed E-state index contributed by atoms with van der Waals surface area (Å²) in [6.45, 7) is 5.57. The normalized spacial score (nSPS) is 19.0. The van der Waals surface area contributed by atoms with Crippen LogP contribution in [-0.4, -0.2) is 37.3 Å². The second-order valence-corrected chi connectivity index (χ2v) is 6.06. The molecule has 110 valence electrons. The number of hydrogen-bond acceptors (Lipinski definition) is 4. The Bertz CT molecular complexity index is 660. The molecule has 0 unspecified atom stereocenters. The zero-order chi connectivity index (χ0) is 14.2. The predicted molar refractivity (Wildman–Crippen MR) is 86.2 cm³/mol. The molecule has 1 N–H and O–H groups in total. The van der Waals surface area contributed by atoms with E-state index >= 15 is 0 Å². The third-order valence-electron chi connectivity index (χ3n) is 4.27. The van der Waals surface area contributed by atoms with Crippen molar-refractivity contribution in [1.29, 1.82) is 0 Å². The van der Waals surface area contributed by atoms with Crippen molar-refractivity contribution >= 4 is 22.3 Å². The predicted octanol–water partition coefficient (Wildman–Crippen LogP) is 2.95. The topological polar surface area (TPSA) is 37.4 Å². The van der Waals surface area contributed by atoms with Crippen LogP contribution in [0.2, 0.25) is 0 Å². The number of nitrogens with one attached hydrogen (secondary N) is 1. The number of anilines is 2. The summed E-state index contributed by atoms with van der Waals surface area (Å²) in [5, 5.41) is 6.14. The molecule has 1 aliphatic carbocycles. The van der Waals surface area contributed by atoms with Crippen LogP contribution in [0.1, 0.15) is 18.4 Å². The molecular weight excluding hydrogens is 262 g/mol. The van der Waals surface area contributed by atoms with Gasteiger partial charge in [-0.2, -0.15) is 0 Å². The number of aryl methyl sites for hydroxylation is 1. The van der Waals surface area contributed by atoms with Crippen LogP contribution in [0.4, 0.5) is 11.5 Å². The molecule has 1 aliphatic heterocycles. The molecule has 21 heavy (non-hydrogen) atoms. The van der Waals surface area contributed by atoms with Gasteiger partial charge in [-0.3, -0.25) is 0 Å². The van der Waals surface area contributed by atoms with Gasteiger partial charge in [0.2, 0.25) is 0 Å². The van der Waals surface area contributed by atoms with Gasteiger partial charge in [-0.15, -0.1) is 0 Å². The first-order valence-electron chi connectivity index (χ1n) is 7.80. The average Bonchev–Trinajstić information content (AvgIpc) is 3.33. The van der Waals surface area contributed by atoms with Crippen molar-refractivity contribution in [3.05, 3.63) is 30.0 Å². The molecule has 4 nitrogen and oxygen atoms in total. The Kier molecular flexibility index (Phi) is 3.19. The van der Waals surface area contributed by atoms with Gasteiger partial charge >= 0.3 is 0 Å². The van der Waals surface area contributed by atoms with Gasteiger partial charge < -0.3 is 15.0 Å². The first kappa shape index (κ1) is 12.9. The Balaban J connectivity index is 1.80. The number of ether oxygens (including phenoxy) is 1. The Morgan fingerprint density at radius 2 is 2.00 bits per heavy atom. The van der Waals surface area contributed by atoms with Crippen LogP contribution in [-0.2, 0) is 4.74 Å². The quantitative estimate of drug-likeness (QED) is 0.939. The van der Waals surface area contributed by atoms with Gasteiger partial charge in [0, 0.05) is 29.9 Å². The van der Waals surface area contributed by atoms with Crippen molar-refractivity contribution in [2.75, 3.05) is 36.5 Å². The SMILES string of the molecule is Cc1ccc2c(N3CCOCC3)ncc(NC3CC3)c2c1. The fraction of sp³-hybridized carbons (Fsp3) is 0.471. The molecule has 2 aliphatic rings. The number of pyridine rings is 1. The van der Waals surface area contributed by atoms with Crippen molar-refractivity contribution in [2.24, 2.45) is 0 Å². The summed E-state index contributed by atoms with van der Waals surface area (Å²) in [6.07, 6.45) is 4.56. The number of morpholine rings is 1. The van der Waals surface area contributed by atoms with Crippen LogP contribution in [0, 0.1) is 6.92 Å². The first-order chi connectivity index (χ1) is 10.3. The Morgan fingerprint density at radius 1 is 1.19 bits per heavy atom. The van der Waals surface area contributed by atoms with Gasteiger partial charge in [-0.25, -0.2) is 4.98 Å². The van der Waals surface area contributed by atoms with Crippen molar-refractivity contribution in [3.8, 4) is 0 Å². The molecule has 2 heterocycles. The number of rotatable bonds is 3. The molecule has 0 radical (unpaired) electrons. The second kappa shape index (κ2) is 5.19. The molecule has 1 aromatic carbocycles. The minimum Gasteiger partial charge on any atom is -0.381 e. The van der Waals surface area contributed by atoms with E-state index in [0.29, 0.717) is 6.04 Å². The lowest BCUT2D eigenvalue weighted by molar-refractivity contribution is 0.122. The average molecular weight is 283 g/mol. The van der Waals surface area contributed by atoms with Crippen molar-refractivity contribution < 1.29 is 4.74 Å². The summed E-state index contributed by atoms with van der Waals surface area (Å²) in [7, 11) is 0. The maximum Gasteiger partial charge on any atom is 0.136 e. The van der Waals surface area contributed by atoms with E-state index in [0.717, 1.165) is 32.1 Å². The molecule has 2 fully saturated rings. The summed E-state index contributed by atoms with van der Waals surface area (Å²) in [4.78, 5) is 7.08. The molecule has 4 rings (SSSR count). The van der Waals surface area contributed by atoms with Crippen LogP contribution in [0.25, 0.3) is 10.8 Å². The molecule has 0 spiro atoms. The van der Waals surface area contributed by atoms with Crippen LogP contribution in [0.15, 0.2) is 24.4 Å². The smallest absolute Gasteiger partial charge is 0.136 e. The van der Waals surface area contributed by atoms with E-state index in [1.165, 1.54) is 34.9 Å². The summed E-state index contributed by atoms with van der Waals surface area (Å²) in [5.41, 5.74) is 2.47. The van der Waals surface area contributed by atoms with Crippen molar-refractivity contribution in [1.82, 2.24) is 4.98 Å². The maximum atomic E-state index is 5.46. The van der Waals surface area contributed by atoms with Gasteiger partial charge in [0.15, 0.2) is 0 Å². The first-order valence-corrected chi connectivity index (χ1v) is 7.80. The molecule has 2 aromatic rings. The fourth-order valence-electron chi connectivity index (χ4n) is 2.93. The van der Waals surface area contributed by atoms with E-state index in [4.69, 9.17) is 9.72 Å². The van der Waals surface area contributed by atoms with E-state index in [1.807, 2.05) is 6.20 Å². The number of nitrogens with zero attached hydrogens (tertiary/aromatic N) is 2. The number of benzene rings is 1. The van der Waals surface area contributed by atoms with Crippen LogP contribution >= 0.6 is 0 Å². The molecule has 0 atom stereocenters. The highest BCUT2D eigenvalue weighted by molar-refractivity contribution is 6.00. The van der Waals surface area contributed by atoms with E-state index < -0.39 is 0 Å². The summed E-state index contributed by atoms with van der Waals surface area (Å²) in [5.74, 6) is 1.09. The van der Waals surface area contributed by atoms with E-state index in [1.54, 1.807) is 0 Å². The Morgan fingerprint density at radius 3 is 2.76 bits per heavy atom. The van der Waals surface area contributed by atoms with Gasteiger partial charge in [-0.05, 0) is 25.8 Å². The lowest BCUT2D eigenvalue weighted by Gasteiger charge is -2.29. The largest absolute Gasteiger partial charge is 0.381 e. The second-order valence-electron chi connectivity index (χ2n) is 6.06. The Labute approximate surface area is 125 Å². The van der Waals surface area contributed by atoms with E-state index in [2.05, 4.69) is 35.3 Å². The standard InChI is InChI=1S/C17H21N3O/c1-12-2-5-14-15(10-12)16(19-13-3-4-13)11-18-17(14)20-6-8-21-9-7-20/h2,5,10-11,13,19H,3-4,6-9H2,1H3. The highest BCUT2D eigenvalue weighted by Gasteiger charge is 2.23. The number of hydrogen-bond donors (Lipinski definition) is 1. The minimum absolute atomic E-state index is 0.643. The zero-order valence-corrected chi connectivity index (χ0v) is 12.4. The van der Waals surface area contributed by atoms with Crippen LogP contribution in [0.3, 0.4) is 0 Å². The van der Waals surface area contributed by atoms with Crippen molar-refractivity contribution in [2.45, 2.75) is 25.8 Å². The van der Waals surface area contributed by atoms with Crippen LogP contribution < -0.4 is 10.2 Å². The third-order valence-corrected chi connectivity index (χ3v) is 4.27. The van der Waals surface area contributed by atoms with Gasteiger partial charge in [-0.1, -0.05) is 17.7 Å². The van der Waals surface area contributed by atoms with Crippen molar-refractivity contribution in [3.63, 3.8) is 0 Å². The lowest BCUT2D eigenvalue weighted by Crippen LogP contribution is -2.36. The molecule has 1 saturated carbocycles. The lowest BCUT2D eigenvalue weighted by atomic mass is 10.1. The monoisotopic (exact) mass is 283 g/mol. The molecule has 1 saturated heterocycles. The van der Waals surface area contributed by atoms with Gasteiger partial charge in [0.25, 0.3) is 0 Å². The van der Waals surface area contributed by atoms with Crippen LogP contribution in [0.5, 0.6) is 0 Å². The third kappa shape index (κ3) is 2.56. The molecule has 0 amide bonds. The highest BCUT2D eigenvalue weighted by atomic mass is 16.5. The molecule has 0 bridgehead atoms. The summed E-state index contributed by atoms with van der Waals surface area (Å²) >= 11 is 0. The number of fused-ring (bicyclic) bond motifs is 1. The van der Waals surface area contributed by atoms with E-state index in [-0.39, 0.29) is 0 Å². The summed E-state index contributed by atoms with van der Waals surface area (Å²) in [6, 6.07) is 7.30. The zero-order valence-electron chi connectivity index (χ0n) is 12.4. The van der Waals surface area contributed by atoms with Gasteiger partial charge in [0.05, 0.1) is 25.1 Å². The minimum atomic E-state index is 0.643. The molecule has 1 aromatic heterocycles. The summed E-state index contributed by atoms with van der Waals surface area (Å²) < 4.78 is 5.46. The molecular formula is C17H21N3O. The molecule has 4 heteroatoms. The fourth-order valence-corrected chi connectivity index (χ4v) is 2.93. The van der Waals surface area contributed by atoms with E-state index in [9.17, 15) is 0 Å². The Hall–Kier alpha value is -1.81. The highest BCUT2D eigenvalue weighted by Crippen LogP contribution is 2.34. The number of aromatic nitrogens is 1.